The van der Waals surface area contributed by atoms with E-state index in [9.17, 15) is 0 Å². The van der Waals surface area contributed by atoms with Crippen molar-refractivity contribution < 1.29 is 0 Å². The Labute approximate surface area is 86.7 Å². The van der Waals surface area contributed by atoms with E-state index in [-0.39, 0.29) is 4.84 Å². The fourth-order valence-electron chi connectivity index (χ4n) is 2.74. The predicted molar refractivity (Wildman–Crippen MR) is 58.1 cm³/mol. The van der Waals surface area contributed by atoms with Gasteiger partial charge in [-0.3, -0.25) is 0 Å². The molecule has 0 aromatic rings. The number of halogens is 2. The molecular weight excluding hydrogens is 207 g/mol. The van der Waals surface area contributed by atoms with Crippen LogP contribution in [-0.2, 0) is 0 Å². The molecular formula is C9H14Cl2Si. The zero-order chi connectivity index (χ0) is 8.77. The fraction of sp³-hybridized carbons (Fsp3) is 0.778. The van der Waals surface area contributed by atoms with Crippen molar-refractivity contribution in [2.75, 3.05) is 0 Å². The first-order valence-corrected chi connectivity index (χ1v) is 6.44. The summed E-state index contributed by atoms with van der Waals surface area (Å²) in [5.41, 5.74) is 0. The van der Waals surface area contributed by atoms with Gasteiger partial charge in [0.15, 0.2) is 0 Å². The molecule has 0 saturated heterocycles. The van der Waals surface area contributed by atoms with Crippen LogP contribution in [0.2, 0.25) is 5.04 Å². The van der Waals surface area contributed by atoms with Crippen LogP contribution in [-0.4, -0.2) is 15.1 Å². The molecule has 0 aliphatic heterocycles. The number of allylic oxidation sites excluding steroid dienone is 2. The Hall–Kier alpha value is 0.537. The highest BCUT2D eigenvalue weighted by Crippen LogP contribution is 2.57. The highest BCUT2D eigenvalue weighted by atomic mass is 35.5. The summed E-state index contributed by atoms with van der Waals surface area (Å²) in [6.45, 7) is 0. The Kier molecular flexibility index (Phi) is 2.30. The molecule has 3 unspecified atom stereocenters. The lowest BCUT2D eigenvalue weighted by molar-refractivity contribution is 0.430. The molecule has 0 spiro atoms. The number of hydrogen-bond acceptors (Lipinski definition) is 0. The van der Waals surface area contributed by atoms with E-state index in [1.807, 2.05) is 0 Å². The maximum Gasteiger partial charge on any atom is 0.108 e. The summed E-state index contributed by atoms with van der Waals surface area (Å²) in [6, 6.07) is 0. The third kappa shape index (κ3) is 1.59. The van der Waals surface area contributed by atoms with Crippen LogP contribution < -0.4 is 0 Å². The van der Waals surface area contributed by atoms with Gasteiger partial charge in [-0.2, -0.15) is 0 Å². The van der Waals surface area contributed by atoms with Gasteiger partial charge >= 0.3 is 0 Å². The molecule has 3 heteroatoms. The summed E-state index contributed by atoms with van der Waals surface area (Å²) in [4.78, 5) is -0.159. The van der Waals surface area contributed by atoms with Crippen LogP contribution in [0.4, 0.5) is 0 Å². The third-order valence-corrected chi connectivity index (χ3v) is 4.77. The van der Waals surface area contributed by atoms with Crippen molar-refractivity contribution >= 4 is 33.4 Å². The maximum absolute atomic E-state index is 5.79. The fourth-order valence-corrected chi connectivity index (χ4v) is 4.39. The van der Waals surface area contributed by atoms with E-state index in [1.165, 1.54) is 23.1 Å². The number of rotatable bonds is 2. The lowest BCUT2D eigenvalue weighted by Gasteiger charge is -2.22. The van der Waals surface area contributed by atoms with E-state index < -0.39 is 0 Å². The van der Waals surface area contributed by atoms with Gasteiger partial charge in [-0.1, -0.05) is 12.2 Å². The Morgan fingerprint density at radius 2 is 2.25 bits per heavy atom. The second-order valence-electron chi connectivity index (χ2n) is 4.47. The molecule has 2 aliphatic carbocycles. The molecule has 1 saturated carbocycles. The highest BCUT2D eigenvalue weighted by molar-refractivity contribution is 6.44. The van der Waals surface area contributed by atoms with Crippen LogP contribution in [0.25, 0.3) is 0 Å². The van der Waals surface area contributed by atoms with E-state index in [0.29, 0.717) is 5.04 Å². The number of alkyl halides is 2. The summed E-state index contributed by atoms with van der Waals surface area (Å²) in [6.07, 6.45) is 8.53. The van der Waals surface area contributed by atoms with Gasteiger partial charge in [-0.05, 0) is 36.1 Å². The first-order chi connectivity index (χ1) is 5.59. The average molecular weight is 221 g/mol. The van der Waals surface area contributed by atoms with E-state index >= 15 is 0 Å². The summed E-state index contributed by atoms with van der Waals surface area (Å²) in [5.74, 6) is 1.56. The molecule has 0 amide bonds. The molecule has 0 radical (unpaired) electrons. The smallest absolute Gasteiger partial charge is 0.105 e. The molecule has 2 rings (SSSR count). The van der Waals surface area contributed by atoms with Gasteiger partial charge in [0, 0.05) is 10.2 Å². The highest BCUT2D eigenvalue weighted by Gasteiger charge is 2.43. The average Bonchev–Trinajstić information content (AvgIpc) is 2.40. The Morgan fingerprint density at radius 3 is 2.67 bits per heavy atom. The van der Waals surface area contributed by atoms with Crippen molar-refractivity contribution in [3.05, 3.63) is 12.2 Å². The van der Waals surface area contributed by atoms with Crippen molar-refractivity contribution in [1.29, 1.82) is 0 Å². The second kappa shape index (κ2) is 3.04. The minimum atomic E-state index is -0.159. The molecule has 0 heterocycles. The summed E-state index contributed by atoms with van der Waals surface area (Å²) >= 11 is 11.6. The summed E-state index contributed by atoms with van der Waals surface area (Å²) in [7, 11) is 1.29. The SMILES string of the molecule is [SiH3]C12C=CC(C1)C(CC(Cl)Cl)C2. The van der Waals surface area contributed by atoms with Gasteiger partial charge in [0.25, 0.3) is 0 Å². The van der Waals surface area contributed by atoms with Gasteiger partial charge in [0.2, 0.25) is 0 Å². The largest absolute Gasteiger partial charge is 0.108 e. The van der Waals surface area contributed by atoms with Crippen molar-refractivity contribution in [2.24, 2.45) is 11.8 Å². The van der Waals surface area contributed by atoms with Crippen molar-refractivity contribution in [3.63, 3.8) is 0 Å². The molecule has 0 nitrogen and oxygen atoms in total. The van der Waals surface area contributed by atoms with Crippen LogP contribution in [0.1, 0.15) is 19.3 Å². The molecule has 2 aliphatic rings. The van der Waals surface area contributed by atoms with E-state index in [2.05, 4.69) is 12.2 Å². The van der Waals surface area contributed by atoms with Crippen LogP contribution >= 0.6 is 23.2 Å². The quantitative estimate of drug-likeness (QED) is 0.381. The van der Waals surface area contributed by atoms with E-state index in [0.717, 1.165) is 18.3 Å². The Morgan fingerprint density at radius 1 is 1.50 bits per heavy atom. The van der Waals surface area contributed by atoms with E-state index in [4.69, 9.17) is 23.2 Å². The molecule has 0 N–H and O–H groups in total. The molecule has 0 aromatic heterocycles. The third-order valence-electron chi connectivity index (χ3n) is 3.26. The van der Waals surface area contributed by atoms with E-state index in [1.54, 1.807) is 0 Å². The van der Waals surface area contributed by atoms with Gasteiger partial charge in [-0.15, -0.1) is 23.2 Å². The molecule has 3 atom stereocenters. The lowest BCUT2D eigenvalue weighted by atomic mass is 9.91. The van der Waals surface area contributed by atoms with Gasteiger partial charge in [-0.25, -0.2) is 0 Å². The Bertz CT molecular complexity index is 215. The first kappa shape index (κ1) is 9.11. The lowest BCUT2D eigenvalue weighted by Crippen LogP contribution is -2.11. The van der Waals surface area contributed by atoms with Crippen LogP contribution in [0.15, 0.2) is 12.2 Å². The van der Waals surface area contributed by atoms with Crippen molar-refractivity contribution in [2.45, 2.75) is 29.1 Å². The Balaban J connectivity index is 2.01. The standard InChI is InChI=1S/C9H14Cl2Si/c10-8(11)3-7-5-9(12)2-1-6(7)4-9/h1-2,6-8H,3-5H2,12H3. The van der Waals surface area contributed by atoms with Gasteiger partial charge in [0.1, 0.15) is 4.84 Å². The number of hydrogen-bond donors (Lipinski definition) is 0. The summed E-state index contributed by atoms with van der Waals surface area (Å²) < 4.78 is 0. The van der Waals surface area contributed by atoms with Crippen LogP contribution in [0, 0.1) is 11.8 Å². The zero-order valence-electron chi connectivity index (χ0n) is 7.26. The summed E-state index contributed by atoms with van der Waals surface area (Å²) in [5, 5.41) is 0.609. The van der Waals surface area contributed by atoms with Crippen molar-refractivity contribution in [3.8, 4) is 0 Å². The molecule has 0 aromatic carbocycles. The monoisotopic (exact) mass is 220 g/mol. The van der Waals surface area contributed by atoms with Gasteiger partial charge < -0.3 is 0 Å². The molecule has 12 heavy (non-hydrogen) atoms. The topological polar surface area (TPSA) is 0 Å². The van der Waals surface area contributed by atoms with Crippen LogP contribution in [0.3, 0.4) is 0 Å². The van der Waals surface area contributed by atoms with Crippen molar-refractivity contribution in [1.82, 2.24) is 0 Å². The molecule has 1 fully saturated rings. The number of fused-ring (bicyclic) bond motifs is 2. The first-order valence-electron chi connectivity index (χ1n) is 4.57. The predicted octanol–water partition coefficient (Wildman–Crippen LogP) is 2.30. The molecule has 68 valence electrons. The normalized spacial score (nSPS) is 44.9. The second-order valence-corrected chi connectivity index (χ2v) is 7.74. The minimum Gasteiger partial charge on any atom is -0.105 e. The van der Waals surface area contributed by atoms with Gasteiger partial charge in [0.05, 0.1) is 0 Å². The molecule has 2 bridgehead atoms. The maximum atomic E-state index is 5.79. The van der Waals surface area contributed by atoms with Crippen LogP contribution in [0.5, 0.6) is 0 Å². The zero-order valence-corrected chi connectivity index (χ0v) is 10.8. The minimum absolute atomic E-state index is 0.159.